The molecule has 0 atom stereocenters. The summed E-state index contributed by atoms with van der Waals surface area (Å²) in [5.74, 6) is 0.692. The van der Waals surface area contributed by atoms with Crippen LogP contribution in [-0.4, -0.2) is 14.5 Å². The van der Waals surface area contributed by atoms with Crippen LogP contribution in [0.3, 0.4) is 0 Å². The number of aromatic nitrogens is 3. The van der Waals surface area contributed by atoms with Gasteiger partial charge in [0.1, 0.15) is 0 Å². The lowest BCUT2D eigenvalue weighted by Gasteiger charge is -2.24. The third kappa shape index (κ3) is 3.38. The van der Waals surface area contributed by atoms with E-state index in [-0.39, 0.29) is 5.41 Å². The SMILES string of the molecule is CC1(C)c2cc3c(cc2-c2c1ccc1c4ccccc4n(-c4ncc(-c5ccccc5)cn4)c21)Sc1ccccc1S3. The van der Waals surface area contributed by atoms with E-state index in [1.165, 1.54) is 58.1 Å². The fraction of sp³-hybridized carbons (Fsp3) is 0.0811. The van der Waals surface area contributed by atoms with Crippen LogP contribution in [0.5, 0.6) is 0 Å². The standard InChI is InChI=1S/C37H25N3S2/c1-37(2)27-17-16-25-24-12-6-7-13-29(24)40(36-38-20-23(21-39-36)22-10-4-3-5-11-22)35(25)34(27)26-18-32-33(19-28(26)37)42-31-15-9-8-14-30(31)41-32/h3-21H,1-2H3. The highest BCUT2D eigenvalue weighted by Crippen LogP contribution is 2.57. The molecule has 0 N–H and O–H groups in total. The number of benzene rings is 5. The predicted molar refractivity (Wildman–Crippen MR) is 174 cm³/mol. The minimum absolute atomic E-state index is 0.130. The first-order valence-corrected chi connectivity index (χ1v) is 15.8. The van der Waals surface area contributed by atoms with E-state index >= 15 is 0 Å². The molecule has 0 saturated heterocycles. The smallest absolute Gasteiger partial charge is 0.234 e. The van der Waals surface area contributed by atoms with Gasteiger partial charge in [0.25, 0.3) is 0 Å². The van der Waals surface area contributed by atoms with Crippen molar-refractivity contribution in [2.45, 2.75) is 38.8 Å². The Morgan fingerprint density at radius 3 is 2.02 bits per heavy atom. The highest BCUT2D eigenvalue weighted by atomic mass is 32.2. The van der Waals surface area contributed by atoms with Gasteiger partial charge in [0, 0.05) is 59.3 Å². The lowest BCUT2D eigenvalue weighted by atomic mass is 9.82. The van der Waals surface area contributed by atoms with Crippen LogP contribution in [0.2, 0.25) is 0 Å². The Balaban J connectivity index is 1.31. The molecular weight excluding hydrogens is 551 g/mol. The molecule has 0 saturated carbocycles. The first kappa shape index (κ1) is 24.3. The lowest BCUT2D eigenvalue weighted by Crippen LogP contribution is -2.15. The summed E-state index contributed by atoms with van der Waals surface area (Å²) in [5, 5.41) is 2.45. The van der Waals surface area contributed by atoms with E-state index in [2.05, 4.69) is 103 Å². The summed E-state index contributed by atoms with van der Waals surface area (Å²) in [4.78, 5) is 15.2. The van der Waals surface area contributed by atoms with Crippen LogP contribution >= 0.6 is 23.5 Å². The van der Waals surface area contributed by atoms with E-state index in [0.717, 1.165) is 16.6 Å². The van der Waals surface area contributed by atoms with E-state index < -0.39 is 0 Å². The topological polar surface area (TPSA) is 30.7 Å². The molecular formula is C37H25N3S2. The zero-order valence-corrected chi connectivity index (χ0v) is 24.8. The summed E-state index contributed by atoms with van der Waals surface area (Å²) in [6.45, 7) is 4.73. The zero-order valence-electron chi connectivity index (χ0n) is 23.1. The van der Waals surface area contributed by atoms with Crippen LogP contribution in [-0.2, 0) is 5.41 Å². The van der Waals surface area contributed by atoms with E-state index in [9.17, 15) is 0 Å². The van der Waals surface area contributed by atoms with Gasteiger partial charge in [0.2, 0.25) is 5.95 Å². The van der Waals surface area contributed by atoms with Gasteiger partial charge in [-0.2, -0.15) is 0 Å². The Hall–Kier alpha value is -4.32. The molecule has 200 valence electrons. The van der Waals surface area contributed by atoms with Crippen LogP contribution < -0.4 is 0 Å². The minimum atomic E-state index is -0.130. The number of hydrogen-bond donors (Lipinski definition) is 0. The molecule has 1 aliphatic heterocycles. The summed E-state index contributed by atoms with van der Waals surface area (Å²) < 4.78 is 2.28. The molecule has 0 unspecified atom stereocenters. The Bertz CT molecular complexity index is 2210. The fourth-order valence-electron chi connectivity index (χ4n) is 6.72. The van der Waals surface area contributed by atoms with Crippen molar-refractivity contribution in [2.24, 2.45) is 0 Å². The Morgan fingerprint density at radius 1 is 0.595 bits per heavy atom. The lowest BCUT2D eigenvalue weighted by molar-refractivity contribution is 0.658. The second-order valence-electron chi connectivity index (χ2n) is 11.5. The normalized spacial score (nSPS) is 14.4. The van der Waals surface area contributed by atoms with E-state index in [1.807, 2.05) is 54.1 Å². The summed E-state index contributed by atoms with van der Waals surface area (Å²) in [6, 6.07) is 37.2. The van der Waals surface area contributed by atoms with E-state index in [0.29, 0.717) is 5.95 Å². The number of fused-ring (bicyclic) bond motifs is 9. The molecule has 5 aromatic carbocycles. The number of rotatable bonds is 2. The van der Waals surface area contributed by atoms with Crippen LogP contribution in [0.4, 0.5) is 0 Å². The summed E-state index contributed by atoms with van der Waals surface area (Å²) >= 11 is 3.77. The molecule has 9 rings (SSSR count). The first-order chi connectivity index (χ1) is 20.6. The molecule has 0 fully saturated rings. The van der Waals surface area contributed by atoms with Crippen LogP contribution in [0.15, 0.2) is 135 Å². The highest BCUT2D eigenvalue weighted by molar-refractivity contribution is 8.05. The van der Waals surface area contributed by atoms with Gasteiger partial charge in [0.15, 0.2) is 0 Å². The molecule has 0 radical (unpaired) electrons. The van der Waals surface area contributed by atoms with Crippen LogP contribution in [0, 0.1) is 0 Å². The number of para-hydroxylation sites is 1. The minimum Gasteiger partial charge on any atom is -0.277 e. The average Bonchev–Trinajstić information content (AvgIpc) is 3.48. The van der Waals surface area contributed by atoms with Crippen LogP contribution in [0.25, 0.3) is 50.0 Å². The molecule has 0 bridgehead atoms. The second-order valence-corrected chi connectivity index (χ2v) is 13.7. The van der Waals surface area contributed by atoms with Crippen molar-refractivity contribution in [3.05, 3.63) is 127 Å². The van der Waals surface area contributed by atoms with Gasteiger partial charge in [-0.1, -0.05) is 110 Å². The van der Waals surface area contributed by atoms with Crippen molar-refractivity contribution in [3.8, 4) is 28.2 Å². The molecule has 3 nitrogen and oxygen atoms in total. The maximum atomic E-state index is 4.96. The van der Waals surface area contributed by atoms with E-state index in [1.54, 1.807) is 0 Å². The molecule has 2 aromatic heterocycles. The first-order valence-electron chi connectivity index (χ1n) is 14.2. The summed E-state index contributed by atoms with van der Waals surface area (Å²) in [6.07, 6.45) is 3.89. The maximum Gasteiger partial charge on any atom is 0.234 e. The maximum absolute atomic E-state index is 4.96. The largest absolute Gasteiger partial charge is 0.277 e. The molecule has 7 aromatic rings. The highest BCUT2D eigenvalue weighted by Gasteiger charge is 2.39. The van der Waals surface area contributed by atoms with E-state index in [4.69, 9.17) is 9.97 Å². The van der Waals surface area contributed by atoms with Crippen molar-refractivity contribution in [3.63, 3.8) is 0 Å². The quantitative estimate of drug-likeness (QED) is 0.205. The molecule has 1 aliphatic carbocycles. The Morgan fingerprint density at radius 2 is 1.26 bits per heavy atom. The molecule has 2 aliphatic rings. The third-order valence-corrected chi connectivity index (χ3v) is 11.3. The number of hydrogen-bond acceptors (Lipinski definition) is 4. The zero-order chi connectivity index (χ0) is 28.0. The molecule has 0 spiro atoms. The van der Waals surface area contributed by atoms with Crippen molar-refractivity contribution in [1.82, 2.24) is 14.5 Å². The van der Waals surface area contributed by atoms with Crippen molar-refractivity contribution in [2.75, 3.05) is 0 Å². The van der Waals surface area contributed by atoms with Gasteiger partial charge in [0.05, 0.1) is 11.0 Å². The van der Waals surface area contributed by atoms with Crippen LogP contribution in [0.1, 0.15) is 25.0 Å². The van der Waals surface area contributed by atoms with Gasteiger partial charge in [-0.3, -0.25) is 4.57 Å². The van der Waals surface area contributed by atoms with Crippen molar-refractivity contribution < 1.29 is 0 Å². The monoisotopic (exact) mass is 575 g/mol. The van der Waals surface area contributed by atoms with Crippen molar-refractivity contribution >= 4 is 45.3 Å². The molecule has 5 heteroatoms. The van der Waals surface area contributed by atoms with Gasteiger partial charge in [-0.25, -0.2) is 9.97 Å². The average molecular weight is 576 g/mol. The fourth-order valence-corrected chi connectivity index (χ4v) is 9.00. The Labute approximate surface area is 252 Å². The van der Waals surface area contributed by atoms with Crippen molar-refractivity contribution in [1.29, 1.82) is 0 Å². The predicted octanol–water partition coefficient (Wildman–Crippen LogP) is 10.2. The molecule has 3 heterocycles. The summed E-state index contributed by atoms with van der Waals surface area (Å²) in [5.41, 5.74) is 9.65. The summed E-state index contributed by atoms with van der Waals surface area (Å²) in [7, 11) is 0. The Kier molecular flexibility index (Phi) is 5.11. The second kappa shape index (κ2) is 8.84. The van der Waals surface area contributed by atoms with Gasteiger partial charge < -0.3 is 0 Å². The molecule has 42 heavy (non-hydrogen) atoms. The molecule has 0 amide bonds. The third-order valence-electron chi connectivity index (χ3n) is 8.77. The van der Waals surface area contributed by atoms with Gasteiger partial charge >= 0.3 is 0 Å². The van der Waals surface area contributed by atoms with Gasteiger partial charge in [-0.05, 0) is 52.6 Å². The number of nitrogens with zero attached hydrogens (tertiary/aromatic N) is 3. The van der Waals surface area contributed by atoms with Gasteiger partial charge in [-0.15, -0.1) is 0 Å².